The fourth-order valence-electron chi connectivity index (χ4n) is 2.41. The first-order valence-electron chi connectivity index (χ1n) is 7.46. The van der Waals surface area contributed by atoms with Crippen molar-refractivity contribution in [3.63, 3.8) is 0 Å². The number of carbonyl (C=O) groups is 1. The van der Waals surface area contributed by atoms with E-state index in [4.69, 9.17) is 9.15 Å². The zero-order valence-electron chi connectivity index (χ0n) is 13.7. The lowest BCUT2D eigenvalue weighted by atomic mass is 10.1. The molecule has 0 saturated heterocycles. The first-order chi connectivity index (χ1) is 11.5. The van der Waals surface area contributed by atoms with Gasteiger partial charge in [-0.25, -0.2) is 4.98 Å². The number of aromatic nitrogens is 3. The van der Waals surface area contributed by atoms with Crippen molar-refractivity contribution < 1.29 is 13.9 Å². The fraction of sp³-hybridized carbons (Fsp3) is 0.235. The van der Waals surface area contributed by atoms with E-state index in [0.717, 1.165) is 17.0 Å². The molecular formula is C17H18N4O3. The third-order valence-corrected chi connectivity index (χ3v) is 3.65. The molecule has 0 bridgehead atoms. The number of aryl methyl sites for hydroxylation is 2. The van der Waals surface area contributed by atoms with E-state index in [1.54, 1.807) is 16.9 Å². The van der Waals surface area contributed by atoms with Gasteiger partial charge in [0.05, 0.1) is 11.9 Å². The van der Waals surface area contributed by atoms with Crippen LogP contribution in [-0.2, 0) is 11.8 Å². The second-order valence-electron chi connectivity index (χ2n) is 5.41. The smallest absolute Gasteiger partial charge is 0.262 e. The predicted molar refractivity (Wildman–Crippen MR) is 88.7 cm³/mol. The van der Waals surface area contributed by atoms with E-state index in [0.29, 0.717) is 17.2 Å². The lowest BCUT2D eigenvalue weighted by molar-refractivity contribution is -0.118. The van der Waals surface area contributed by atoms with Crippen LogP contribution in [0, 0.1) is 13.8 Å². The van der Waals surface area contributed by atoms with Crippen molar-refractivity contribution in [2.75, 3.05) is 11.9 Å². The topological polar surface area (TPSA) is 82.2 Å². The van der Waals surface area contributed by atoms with Crippen molar-refractivity contribution in [2.24, 2.45) is 7.05 Å². The van der Waals surface area contributed by atoms with Gasteiger partial charge in [0.25, 0.3) is 5.91 Å². The highest BCUT2D eigenvalue weighted by Gasteiger charge is 2.13. The van der Waals surface area contributed by atoms with Crippen LogP contribution in [0.3, 0.4) is 0 Å². The van der Waals surface area contributed by atoms with Crippen LogP contribution in [0.2, 0.25) is 0 Å². The van der Waals surface area contributed by atoms with Crippen molar-refractivity contribution in [2.45, 2.75) is 13.8 Å². The molecule has 0 spiro atoms. The average Bonchev–Trinajstić information content (AvgIpc) is 3.16. The van der Waals surface area contributed by atoms with Gasteiger partial charge in [0.2, 0.25) is 0 Å². The summed E-state index contributed by atoms with van der Waals surface area (Å²) in [5, 5.41) is 7.06. The Kier molecular flexibility index (Phi) is 4.33. The predicted octanol–water partition coefficient (Wildman–Crippen LogP) is 2.71. The van der Waals surface area contributed by atoms with Gasteiger partial charge in [-0.2, -0.15) is 5.10 Å². The van der Waals surface area contributed by atoms with E-state index >= 15 is 0 Å². The molecule has 0 aliphatic heterocycles. The molecule has 3 rings (SSSR count). The molecule has 1 aromatic carbocycles. The first-order valence-corrected chi connectivity index (χ1v) is 7.46. The molecule has 2 aromatic heterocycles. The summed E-state index contributed by atoms with van der Waals surface area (Å²) < 4.78 is 12.6. The zero-order valence-corrected chi connectivity index (χ0v) is 13.7. The van der Waals surface area contributed by atoms with Gasteiger partial charge in [0.15, 0.2) is 24.5 Å². The molecule has 124 valence electrons. The van der Waals surface area contributed by atoms with E-state index in [1.165, 1.54) is 6.39 Å². The molecule has 2 heterocycles. The van der Waals surface area contributed by atoms with Crippen molar-refractivity contribution >= 4 is 11.6 Å². The number of carbonyl (C=O) groups excluding carboxylic acids is 1. The Balaban J connectivity index is 1.64. The normalized spacial score (nSPS) is 10.6. The summed E-state index contributed by atoms with van der Waals surface area (Å²) in [5.74, 6) is 1.04. The van der Waals surface area contributed by atoms with Crippen molar-refractivity contribution in [3.8, 4) is 17.1 Å². The van der Waals surface area contributed by atoms with Crippen LogP contribution < -0.4 is 10.1 Å². The van der Waals surface area contributed by atoms with Crippen LogP contribution in [-0.4, -0.2) is 27.3 Å². The van der Waals surface area contributed by atoms with Gasteiger partial charge in [0, 0.05) is 18.3 Å². The number of nitrogens with one attached hydrogen (secondary N) is 1. The minimum atomic E-state index is -0.243. The maximum atomic E-state index is 12.1. The summed E-state index contributed by atoms with van der Waals surface area (Å²) in [6.07, 6.45) is 2.99. The molecule has 0 saturated carbocycles. The van der Waals surface area contributed by atoms with Crippen LogP contribution in [0.4, 0.5) is 5.69 Å². The van der Waals surface area contributed by atoms with Crippen LogP contribution in [0.5, 0.6) is 5.75 Å². The quantitative estimate of drug-likeness (QED) is 0.779. The summed E-state index contributed by atoms with van der Waals surface area (Å²) >= 11 is 0. The van der Waals surface area contributed by atoms with E-state index < -0.39 is 0 Å². The van der Waals surface area contributed by atoms with E-state index in [9.17, 15) is 4.79 Å². The number of oxazole rings is 1. The molecule has 3 aromatic rings. The van der Waals surface area contributed by atoms with Gasteiger partial charge in [-0.3, -0.25) is 9.48 Å². The first kappa shape index (κ1) is 15.8. The molecule has 0 unspecified atom stereocenters. The molecule has 1 N–H and O–H groups in total. The standard InChI is InChI=1S/C17H18N4O3/c1-11-17(12(2)21(3)20-11)23-9-16(22)19-14-6-4-5-13(7-14)15-8-18-10-24-15/h4-8,10H,9H2,1-3H3,(H,19,22). The number of benzene rings is 1. The van der Waals surface area contributed by atoms with Crippen molar-refractivity contribution in [3.05, 3.63) is 48.2 Å². The molecule has 0 fully saturated rings. The maximum Gasteiger partial charge on any atom is 0.262 e. The third kappa shape index (κ3) is 3.29. The lowest BCUT2D eigenvalue weighted by Gasteiger charge is -2.08. The molecule has 0 aliphatic carbocycles. The SMILES string of the molecule is Cc1nn(C)c(C)c1OCC(=O)Nc1cccc(-c2cnco2)c1. The molecule has 0 radical (unpaired) electrons. The highest BCUT2D eigenvalue weighted by atomic mass is 16.5. The van der Waals surface area contributed by atoms with Crippen LogP contribution in [0.1, 0.15) is 11.4 Å². The maximum absolute atomic E-state index is 12.1. The molecule has 1 amide bonds. The Morgan fingerprint density at radius 2 is 2.21 bits per heavy atom. The number of hydrogen-bond acceptors (Lipinski definition) is 5. The summed E-state index contributed by atoms with van der Waals surface area (Å²) in [5.41, 5.74) is 3.14. The fourth-order valence-corrected chi connectivity index (χ4v) is 2.41. The van der Waals surface area contributed by atoms with Crippen LogP contribution >= 0.6 is 0 Å². The Morgan fingerprint density at radius 3 is 2.88 bits per heavy atom. The Hall–Kier alpha value is -3.09. The molecule has 7 heteroatoms. The van der Waals surface area contributed by atoms with Gasteiger partial charge >= 0.3 is 0 Å². The van der Waals surface area contributed by atoms with Crippen LogP contribution in [0.15, 0.2) is 41.3 Å². The van der Waals surface area contributed by atoms with Gasteiger partial charge in [0.1, 0.15) is 5.69 Å². The highest BCUT2D eigenvalue weighted by Crippen LogP contribution is 2.23. The number of nitrogens with zero attached hydrogens (tertiary/aromatic N) is 3. The summed E-state index contributed by atoms with van der Waals surface area (Å²) in [7, 11) is 1.84. The number of rotatable bonds is 5. The zero-order chi connectivity index (χ0) is 17.1. The second kappa shape index (κ2) is 6.57. The van der Waals surface area contributed by atoms with E-state index in [-0.39, 0.29) is 12.5 Å². The van der Waals surface area contributed by atoms with Gasteiger partial charge in [-0.1, -0.05) is 12.1 Å². The molecule has 0 aliphatic rings. The second-order valence-corrected chi connectivity index (χ2v) is 5.41. The Bertz CT molecular complexity index is 853. The summed E-state index contributed by atoms with van der Waals surface area (Å²) in [6.45, 7) is 3.66. The van der Waals surface area contributed by atoms with Gasteiger partial charge < -0.3 is 14.5 Å². The van der Waals surface area contributed by atoms with Crippen LogP contribution in [0.25, 0.3) is 11.3 Å². The van der Waals surface area contributed by atoms with Crippen molar-refractivity contribution in [1.82, 2.24) is 14.8 Å². The van der Waals surface area contributed by atoms with E-state index in [2.05, 4.69) is 15.4 Å². The Morgan fingerprint density at radius 1 is 1.38 bits per heavy atom. The lowest BCUT2D eigenvalue weighted by Crippen LogP contribution is -2.20. The minimum absolute atomic E-state index is 0.0834. The number of amides is 1. The third-order valence-electron chi connectivity index (χ3n) is 3.65. The average molecular weight is 326 g/mol. The largest absolute Gasteiger partial charge is 0.480 e. The number of anilines is 1. The summed E-state index contributed by atoms with van der Waals surface area (Å²) in [4.78, 5) is 16.0. The summed E-state index contributed by atoms with van der Waals surface area (Å²) in [6, 6.07) is 7.34. The highest BCUT2D eigenvalue weighted by molar-refractivity contribution is 5.92. The molecule has 7 nitrogen and oxygen atoms in total. The number of hydrogen-bond donors (Lipinski definition) is 1. The minimum Gasteiger partial charge on any atom is -0.480 e. The molecular weight excluding hydrogens is 308 g/mol. The molecule has 0 atom stereocenters. The van der Waals surface area contributed by atoms with Gasteiger partial charge in [-0.05, 0) is 26.0 Å². The molecule has 24 heavy (non-hydrogen) atoms. The monoisotopic (exact) mass is 326 g/mol. The number of ether oxygens (including phenoxy) is 1. The van der Waals surface area contributed by atoms with Gasteiger partial charge in [-0.15, -0.1) is 0 Å². The van der Waals surface area contributed by atoms with Crippen molar-refractivity contribution in [1.29, 1.82) is 0 Å². The van der Waals surface area contributed by atoms with E-state index in [1.807, 2.05) is 39.1 Å². The Labute approximate surface area is 139 Å².